The predicted octanol–water partition coefficient (Wildman–Crippen LogP) is 4.76. The second kappa shape index (κ2) is 6.57. The number of aryl methyl sites for hydroxylation is 1. The molecular weight excluding hydrogens is 290 g/mol. The number of hydrogen-bond donors (Lipinski definition) is 2. The second-order valence-electron chi connectivity index (χ2n) is 5.56. The highest BCUT2D eigenvalue weighted by Gasteiger charge is 2.14. The van der Waals surface area contributed by atoms with Crippen molar-refractivity contribution in [1.82, 2.24) is 5.16 Å². The number of aromatic hydroxyl groups is 2. The Morgan fingerprint density at radius 3 is 2.48 bits per heavy atom. The minimum atomic E-state index is 0.221. The first-order valence-electron chi connectivity index (χ1n) is 7.75. The van der Waals surface area contributed by atoms with Crippen LogP contribution in [0, 0.1) is 0 Å². The van der Waals surface area contributed by atoms with Crippen LogP contribution in [0.3, 0.4) is 0 Å². The van der Waals surface area contributed by atoms with Crippen LogP contribution in [0.4, 0.5) is 0 Å². The van der Waals surface area contributed by atoms with Gasteiger partial charge < -0.3 is 14.7 Å². The molecule has 0 aliphatic heterocycles. The molecule has 118 valence electrons. The fourth-order valence-electron chi connectivity index (χ4n) is 2.59. The first kappa shape index (κ1) is 15.2. The van der Waals surface area contributed by atoms with Gasteiger partial charge in [-0.05, 0) is 54.3 Å². The molecular formula is C19H19NO3. The van der Waals surface area contributed by atoms with Crippen molar-refractivity contribution in [2.24, 2.45) is 0 Å². The Bertz CT molecular complexity index is 791. The van der Waals surface area contributed by atoms with Gasteiger partial charge in [0.2, 0.25) is 0 Å². The van der Waals surface area contributed by atoms with Crippen molar-refractivity contribution in [1.29, 1.82) is 0 Å². The number of unbranched alkanes of at least 4 members (excludes halogenated alkanes) is 1. The van der Waals surface area contributed by atoms with Gasteiger partial charge in [-0.3, -0.25) is 0 Å². The summed E-state index contributed by atoms with van der Waals surface area (Å²) < 4.78 is 5.44. The summed E-state index contributed by atoms with van der Waals surface area (Å²) in [5.41, 5.74) is 3.58. The molecule has 0 amide bonds. The lowest BCUT2D eigenvalue weighted by Crippen LogP contribution is -1.88. The zero-order chi connectivity index (χ0) is 16.2. The zero-order valence-electron chi connectivity index (χ0n) is 13.0. The summed E-state index contributed by atoms with van der Waals surface area (Å²) in [6, 6.07) is 12.4. The van der Waals surface area contributed by atoms with Crippen molar-refractivity contribution in [3.8, 4) is 33.9 Å². The number of hydrogen-bond acceptors (Lipinski definition) is 4. The molecule has 0 radical (unpaired) electrons. The van der Waals surface area contributed by atoms with Crippen LogP contribution in [0.15, 0.2) is 53.2 Å². The number of rotatable bonds is 5. The fourth-order valence-corrected chi connectivity index (χ4v) is 2.59. The van der Waals surface area contributed by atoms with E-state index in [9.17, 15) is 10.2 Å². The Balaban J connectivity index is 2.00. The maximum absolute atomic E-state index is 10.0. The molecule has 3 rings (SSSR count). The summed E-state index contributed by atoms with van der Waals surface area (Å²) in [6.45, 7) is 2.13. The molecule has 4 nitrogen and oxygen atoms in total. The van der Waals surface area contributed by atoms with E-state index >= 15 is 0 Å². The van der Waals surface area contributed by atoms with Gasteiger partial charge in [-0.15, -0.1) is 0 Å². The van der Waals surface area contributed by atoms with E-state index in [1.54, 1.807) is 24.4 Å². The van der Waals surface area contributed by atoms with E-state index in [1.807, 2.05) is 24.3 Å². The largest absolute Gasteiger partial charge is 0.508 e. The van der Waals surface area contributed by atoms with E-state index in [0.29, 0.717) is 11.5 Å². The summed E-state index contributed by atoms with van der Waals surface area (Å²) in [7, 11) is 0. The molecule has 0 fully saturated rings. The Hall–Kier alpha value is -2.75. The smallest absolute Gasteiger partial charge is 0.174 e. The highest BCUT2D eigenvalue weighted by atomic mass is 16.5. The molecule has 2 aromatic carbocycles. The van der Waals surface area contributed by atoms with Crippen LogP contribution in [0.25, 0.3) is 22.5 Å². The molecule has 1 aromatic heterocycles. The minimum Gasteiger partial charge on any atom is -0.508 e. The van der Waals surface area contributed by atoms with Crippen molar-refractivity contribution >= 4 is 0 Å². The average molecular weight is 309 g/mol. The lowest BCUT2D eigenvalue weighted by molar-refractivity contribution is 0.432. The van der Waals surface area contributed by atoms with Gasteiger partial charge >= 0.3 is 0 Å². The standard InChI is InChI=1S/C19H19NO3/c1-2-3-4-14-11-15(7-10-18(14)22)19-17(12-20-23-19)13-5-8-16(21)9-6-13/h5-12,21-22H,2-4H2,1H3. The Morgan fingerprint density at radius 1 is 1.00 bits per heavy atom. The number of benzene rings is 2. The third kappa shape index (κ3) is 3.21. The van der Waals surface area contributed by atoms with Crippen LogP contribution >= 0.6 is 0 Å². The van der Waals surface area contributed by atoms with Crippen LogP contribution in [0.5, 0.6) is 11.5 Å². The molecule has 4 heteroatoms. The van der Waals surface area contributed by atoms with Crippen LogP contribution in [-0.4, -0.2) is 15.4 Å². The summed E-state index contributed by atoms with van der Waals surface area (Å²) in [5, 5.41) is 23.3. The number of aromatic nitrogens is 1. The summed E-state index contributed by atoms with van der Waals surface area (Å²) in [4.78, 5) is 0. The fraction of sp³-hybridized carbons (Fsp3) is 0.211. The predicted molar refractivity (Wildman–Crippen MR) is 89.3 cm³/mol. The van der Waals surface area contributed by atoms with Gasteiger partial charge in [0.1, 0.15) is 11.5 Å². The molecule has 0 saturated heterocycles. The first-order chi connectivity index (χ1) is 11.2. The van der Waals surface area contributed by atoms with Crippen molar-refractivity contribution in [2.75, 3.05) is 0 Å². The number of phenolic OH excluding ortho intramolecular Hbond substituents is 2. The van der Waals surface area contributed by atoms with Crippen LogP contribution < -0.4 is 0 Å². The van der Waals surface area contributed by atoms with E-state index in [4.69, 9.17) is 4.52 Å². The third-order valence-electron chi connectivity index (χ3n) is 3.89. The van der Waals surface area contributed by atoms with Gasteiger partial charge in [0.15, 0.2) is 5.76 Å². The average Bonchev–Trinajstić information content (AvgIpc) is 3.04. The van der Waals surface area contributed by atoms with E-state index in [0.717, 1.165) is 41.5 Å². The van der Waals surface area contributed by atoms with E-state index in [2.05, 4.69) is 12.1 Å². The molecule has 0 bridgehead atoms. The normalized spacial score (nSPS) is 10.8. The van der Waals surface area contributed by atoms with Gasteiger partial charge in [-0.1, -0.05) is 30.6 Å². The lowest BCUT2D eigenvalue weighted by atomic mass is 9.99. The molecule has 1 heterocycles. The van der Waals surface area contributed by atoms with Gasteiger partial charge in [-0.2, -0.15) is 0 Å². The molecule has 2 N–H and O–H groups in total. The molecule has 0 spiro atoms. The minimum absolute atomic E-state index is 0.221. The van der Waals surface area contributed by atoms with Crippen LogP contribution in [-0.2, 0) is 6.42 Å². The lowest BCUT2D eigenvalue weighted by Gasteiger charge is -2.07. The van der Waals surface area contributed by atoms with Crippen molar-refractivity contribution in [3.63, 3.8) is 0 Å². The molecule has 0 saturated carbocycles. The van der Waals surface area contributed by atoms with Crippen LogP contribution in [0.1, 0.15) is 25.3 Å². The number of phenols is 2. The SMILES string of the molecule is CCCCc1cc(-c2oncc2-c2ccc(O)cc2)ccc1O. The Morgan fingerprint density at radius 2 is 1.74 bits per heavy atom. The quantitative estimate of drug-likeness (QED) is 0.713. The topological polar surface area (TPSA) is 66.5 Å². The maximum atomic E-state index is 10.0. The van der Waals surface area contributed by atoms with Gasteiger partial charge in [-0.25, -0.2) is 0 Å². The van der Waals surface area contributed by atoms with E-state index in [-0.39, 0.29) is 5.75 Å². The molecule has 0 atom stereocenters. The Kier molecular flexibility index (Phi) is 4.33. The molecule has 23 heavy (non-hydrogen) atoms. The van der Waals surface area contributed by atoms with E-state index in [1.165, 1.54) is 0 Å². The number of nitrogens with zero attached hydrogens (tertiary/aromatic N) is 1. The molecule has 3 aromatic rings. The van der Waals surface area contributed by atoms with Gasteiger partial charge in [0.25, 0.3) is 0 Å². The summed E-state index contributed by atoms with van der Waals surface area (Å²) in [5.74, 6) is 1.19. The monoisotopic (exact) mass is 309 g/mol. The summed E-state index contributed by atoms with van der Waals surface area (Å²) in [6.07, 6.45) is 4.60. The molecule has 0 aliphatic rings. The third-order valence-corrected chi connectivity index (χ3v) is 3.89. The molecule has 0 unspecified atom stereocenters. The summed E-state index contributed by atoms with van der Waals surface area (Å²) >= 11 is 0. The first-order valence-corrected chi connectivity index (χ1v) is 7.75. The zero-order valence-corrected chi connectivity index (χ0v) is 13.0. The second-order valence-corrected chi connectivity index (χ2v) is 5.56. The highest BCUT2D eigenvalue weighted by molar-refractivity contribution is 5.79. The Labute approximate surface area is 135 Å². The van der Waals surface area contributed by atoms with Crippen molar-refractivity contribution in [2.45, 2.75) is 26.2 Å². The van der Waals surface area contributed by atoms with E-state index < -0.39 is 0 Å². The van der Waals surface area contributed by atoms with Gasteiger partial charge in [0.05, 0.1) is 6.20 Å². The van der Waals surface area contributed by atoms with Gasteiger partial charge in [0, 0.05) is 11.1 Å². The highest BCUT2D eigenvalue weighted by Crippen LogP contribution is 2.35. The van der Waals surface area contributed by atoms with Crippen molar-refractivity contribution in [3.05, 3.63) is 54.2 Å². The molecule has 0 aliphatic carbocycles. The van der Waals surface area contributed by atoms with Crippen LogP contribution in [0.2, 0.25) is 0 Å². The van der Waals surface area contributed by atoms with Crippen molar-refractivity contribution < 1.29 is 14.7 Å². The maximum Gasteiger partial charge on any atom is 0.174 e.